The van der Waals surface area contributed by atoms with E-state index in [1.54, 1.807) is 13.3 Å². The molecule has 19 heavy (non-hydrogen) atoms. The van der Waals surface area contributed by atoms with Gasteiger partial charge in [-0.2, -0.15) is 0 Å². The van der Waals surface area contributed by atoms with E-state index in [1.807, 2.05) is 30.3 Å². The summed E-state index contributed by atoms with van der Waals surface area (Å²) in [6.07, 6.45) is 1.75. The number of aromatic nitrogens is 1. The summed E-state index contributed by atoms with van der Waals surface area (Å²) in [7, 11) is 1.68. The minimum Gasteiger partial charge on any atom is -0.485 e. The minimum atomic E-state index is -0.00656. The fourth-order valence-electron chi connectivity index (χ4n) is 1.93. The molecule has 1 heterocycles. The van der Waals surface area contributed by atoms with Crippen molar-refractivity contribution in [3.63, 3.8) is 0 Å². The van der Waals surface area contributed by atoms with E-state index >= 15 is 0 Å². The maximum absolute atomic E-state index is 5.92. The molecule has 102 valence electrons. The van der Waals surface area contributed by atoms with E-state index < -0.39 is 0 Å². The van der Waals surface area contributed by atoms with Crippen molar-refractivity contribution in [3.8, 4) is 5.75 Å². The minimum absolute atomic E-state index is 0.00656. The second kappa shape index (κ2) is 7.07. The van der Waals surface area contributed by atoms with E-state index in [0.717, 1.165) is 29.7 Å². The van der Waals surface area contributed by atoms with Crippen molar-refractivity contribution in [3.05, 3.63) is 36.5 Å². The van der Waals surface area contributed by atoms with E-state index in [2.05, 4.69) is 17.2 Å². The quantitative estimate of drug-likeness (QED) is 0.829. The summed E-state index contributed by atoms with van der Waals surface area (Å²) in [5, 5.41) is 4.35. The number of fused-ring (bicyclic) bond motifs is 1. The van der Waals surface area contributed by atoms with E-state index in [9.17, 15) is 0 Å². The van der Waals surface area contributed by atoms with Gasteiger partial charge in [-0.1, -0.05) is 25.1 Å². The second-order valence-corrected chi connectivity index (χ2v) is 4.37. The molecule has 0 amide bonds. The van der Waals surface area contributed by atoms with Crippen LogP contribution in [0.15, 0.2) is 36.5 Å². The van der Waals surface area contributed by atoms with Gasteiger partial charge in [-0.05, 0) is 18.7 Å². The number of methoxy groups -OCH3 is 1. The average molecular weight is 260 g/mol. The van der Waals surface area contributed by atoms with Crippen LogP contribution < -0.4 is 10.1 Å². The lowest BCUT2D eigenvalue weighted by molar-refractivity contribution is 0.0808. The monoisotopic (exact) mass is 260 g/mol. The van der Waals surface area contributed by atoms with Crippen molar-refractivity contribution in [2.45, 2.75) is 13.0 Å². The number of ether oxygens (including phenoxy) is 2. The summed E-state index contributed by atoms with van der Waals surface area (Å²) >= 11 is 0. The number of benzene rings is 1. The van der Waals surface area contributed by atoms with Crippen molar-refractivity contribution in [1.82, 2.24) is 10.3 Å². The van der Waals surface area contributed by atoms with E-state index in [-0.39, 0.29) is 6.10 Å². The van der Waals surface area contributed by atoms with Gasteiger partial charge in [0.1, 0.15) is 11.9 Å². The van der Waals surface area contributed by atoms with Gasteiger partial charge in [0.2, 0.25) is 0 Å². The van der Waals surface area contributed by atoms with Crippen LogP contribution in [-0.2, 0) is 4.74 Å². The van der Waals surface area contributed by atoms with Crippen molar-refractivity contribution < 1.29 is 9.47 Å². The first-order valence-corrected chi connectivity index (χ1v) is 6.54. The molecule has 4 nitrogen and oxygen atoms in total. The summed E-state index contributed by atoms with van der Waals surface area (Å²) in [5.41, 5.74) is 0.977. The summed E-state index contributed by atoms with van der Waals surface area (Å²) in [6, 6.07) is 10.0. The Morgan fingerprint density at radius 3 is 2.95 bits per heavy atom. The molecule has 4 heteroatoms. The smallest absolute Gasteiger partial charge is 0.138 e. The molecular weight excluding hydrogens is 240 g/mol. The van der Waals surface area contributed by atoms with Gasteiger partial charge in [0, 0.05) is 19.0 Å². The Labute approximate surface area is 113 Å². The normalized spacial score (nSPS) is 12.5. The zero-order valence-corrected chi connectivity index (χ0v) is 11.4. The summed E-state index contributed by atoms with van der Waals surface area (Å²) in [6.45, 7) is 4.30. The van der Waals surface area contributed by atoms with Crippen LogP contribution in [0.3, 0.4) is 0 Å². The number of hydrogen-bond acceptors (Lipinski definition) is 4. The van der Waals surface area contributed by atoms with Crippen LogP contribution in [0.2, 0.25) is 0 Å². The summed E-state index contributed by atoms with van der Waals surface area (Å²) in [4.78, 5) is 4.39. The number of nitrogens with one attached hydrogen (secondary N) is 1. The van der Waals surface area contributed by atoms with Crippen LogP contribution >= 0.6 is 0 Å². The number of likely N-dealkylation sites (N-methyl/N-ethyl adjacent to an activating group) is 1. The lowest BCUT2D eigenvalue weighted by Crippen LogP contribution is -2.34. The molecule has 1 aromatic heterocycles. The van der Waals surface area contributed by atoms with Gasteiger partial charge in [0.05, 0.1) is 18.3 Å². The maximum Gasteiger partial charge on any atom is 0.138 e. The van der Waals surface area contributed by atoms with Gasteiger partial charge < -0.3 is 14.8 Å². The van der Waals surface area contributed by atoms with Crippen molar-refractivity contribution >= 4 is 10.9 Å². The number of hydrogen-bond donors (Lipinski definition) is 1. The van der Waals surface area contributed by atoms with Gasteiger partial charge in [-0.3, -0.25) is 4.98 Å². The molecule has 0 aliphatic rings. The molecule has 0 saturated heterocycles. The third-order valence-electron chi connectivity index (χ3n) is 2.84. The number of rotatable bonds is 7. The van der Waals surface area contributed by atoms with E-state index in [4.69, 9.17) is 9.47 Å². The molecule has 0 aliphatic carbocycles. The molecule has 0 fully saturated rings. The Bertz CT molecular complexity index is 516. The van der Waals surface area contributed by atoms with Crippen molar-refractivity contribution in [1.29, 1.82) is 0 Å². The van der Waals surface area contributed by atoms with Gasteiger partial charge >= 0.3 is 0 Å². The number of nitrogens with zero attached hydrogens (tertiary/aromatic N) is 1. The molecule has 0 aliphatic heterocycles. The van der Waals surface area contributed by atoms with Crippen LogP contribution in [0, 0.1) is 0 Å². The zero-order valence-electron chi connectivity index (χ0n) is 11.4. The average Bonchev–Trinajstić information content (AvgIpc) is 2.45. The van der Waals surface area contributed by atoms with Gasteiger partial charge in [0.25, 0.3) is 0 Å². The third-order valence-corrected chi connectivity index (χ3v) is 2.84. The fraction of sp³-hybridized carbons (Fsp3) is 0.400. The standard InChI is InChI=1S/C15H20N2O2/c1-3-16-9-14(11-18-2)19-13-8-12-6-4-5-7-15(12)17-10-13/h4-8,10,14,16H,3,9,11H2,1-2H3. The Hall–Kier alpha value is -1.65. The van der Waals surface area contributed by atoms with Crippen LogP contribution in [0.25, 0.3) is 10.9 Å². The topological polar surface area (TPSA) is 43.4 Å². The van der Waals surface area contributed by atoms with Crippen LogP contribution in [0.5, 0.6) is 5.75 Å². The van der Waals surface area contributed by atoms with Crippen molar-refractivity contribution in [2.24, 2.45) is 0 Å². The maximum atomic E-state index is 5.92. The summed E-state index contributed by atoms with van der Waals surface area (Å²) in [5.74, 6) is 0.777. The molecule has 2 aromatic rings. The molecule has 2 rings (SSSR count). The highest BCUT2D eigenvalue weighted by Crippen LogP contribution is 2.18. The largest absolute Gasteiger partial charge is 0.485 e. The first-order valence-electron chi connectivity index (χ1n) is 6.54. The molecule has 1 N–H and O–H groups in total. The first-order chi connectivity index (χ1) is 9.33. The van der Waals surface area contributed by atoms with Crippen LogP contribution in [-0.4, -0.2) is 37.9 Å². The van der Waals surface area contributed by atoms with Crippen LogP contribution in [0.1, 0.15) is 6.92 Å². The molecule has 1 unspecified atom stereocenters. The molecule has 1 aromatic carbocycles. The molecule has 1 atom stereocenters. The zero-order chi connectivity index (χ0) is 13.5. The molecule has 0 radical (unpaired) electrons. The highest BCUT2D eigenvalue weighted by molar-refractivity contribution is 5.79. The van der Waals surface area contributed by atoms with Crippen LogP contribution in [0.4, 0.5) is 0 Å². The lowest BCUT2D eigenvalue weighted by atomic mass is 10.2. The highest BCUT2D eigenvalue weighted by Gasteiger charge is 2.10. The predicted octanol–water partition coefficient (Wildman–Crippen LogP) is 2.24. The number of pyridine rings is 1. The van der Waals surface area contributed by atoms with Gasteiger partial charge in [-0.15, -0.1) is 0 Å². The third kappa shape index (κ3) is 3.91. The molecule has 0 saturated carbocycles. The van der Waals surface area contributed by atoms with Gasteiger partial charge in [0.15, 0.2) is 0 Å². The molecular formula is C15H20N2O2. The SMILES string of the molecule is CCNCC(COC)Oc1cnc2ccccc2c1. The fourth-order valence-corrected chi connectivity index (χ4v) is 1.93. The Morgan fingerprint density at radius 1 is 1.32 bits per heavy atom. The highest BCUT2D eigenvalue weighted by atomic mass is 16.5. The summed E-state index contributed by atoms with van der Waals surface area (Å²) < 4.78 is 11.1. The number of para-hydroxylation sites is 1. The molecule has 0 bridgehead atoms. The van der Waals surface area contributed by atoms with Gasteiger partial charge in [-0.25, -0.2) is 0 Å². The predicted molar refractivity (Wildman–Crippen MR) is 76.6 cm³/mol. The van der Waals surface area contributed by atoms with E-state index in [0.29, 0.717) is 6.61 Å². The Morgan fingerprint density at radius 2 is 2.16 bits per heavy atom. The Kier molecular flexibility index (Phi) is 5.12. The van der Waals surface area contributed by atoms with E-state index in [1.165, 1.54) is 0 Å². The lowest BCUT2D eigenvalue weighted by Gasteiger charge is -2.18. The Balaban J connectivity index is 2.09. The first kappa shape index (κ1) is 13.8. The van der Waals surface area contributed by atoms with Crippen molar-refractivity contribution in [2.75, 3.05) is 26.8 Å². The second-order valence-electron chi connectivity index (χ2n) is 4.37. The molecule has 0 spiro atoms.